The summed E-state index contributed by atoms with van der Waals surface area (Å²) in [5.41, 5.74) is 3.30. The quantitative estimate of drug-likeness (QED) is 0.566. The van der Waals surface area contributed by atoms with Crippen LogP contribution in [0.25, 0.3) is 0 Å². The molecule has 2 heterocycles. The summed E-state index contributed by atoms with van der Waals surface area (Å²) in [6, 6.07) is 0. The highest BCUT2D eigenvalue weighted by molar-refractivity contribution is 6.70. The molecule has 2 fully saturated rings. The van der Waals surface area contributed by atoms with Gasteiger partial charge in [-0.3, -0.25) is 0 Å². The standard InChI is InChI=1S/C18H23B/c1-2-6-15-13-18(12-11-14(15)5-1)19-16-7-3-8-17(19)10-4-9-16/h1-2,5-6,11,13,15-17H,3-4,7-10,12H2. The van der Waals surface area contributed by atoms with Crippen molar-refractivity contribution in [2.75, 3.05) is 0 Å². The molecule has 19 heavy (non-hydrogen) atoms. The van der Waals surface area contributed by atoms with Gasteiger partial charge in [0, 0.05) is 5.92 Å². The summed E-state index contributed by atoms with van der Waals surface area (Å²) < 4.78 is 0. The van der Waals surface area contributed by atoms with Crippen LogP contribution in [0, 0.1) is 5.92 Å². The molecular formula is C18H23B. The van der Waals surface area contributed by atoms with E-state index in [2.05, 4.69) is 36.5 Å². The van der Waals surface area contributed by atoms with Crippen molar-refractivity contribution in [2.45, 2.75) is 56.6 Å². The molecule has 0 aromatic carbocycles. The van der Waals surface area contributed by atoms with Crippen LogP contribution < -0.4 is 0 Å². The Kier molecular flexibility index (Phi) is 3.02. The van der Waals surface area contributed by atoms with E-state index in [0.29, 0.717) is 5.92 Å². The second-order valence-electron chi connectivity index (χ2n) is 6.83. The SMILES string of the molecule is C1=CC2=CCC(B3C4CCCC3CCC4)=CC2C=C1. The second-order valence-corrected chi connectivity index (χ2v) is 6.83. The summed E-state index contributed by atoms with van der Waals surface area (Å²) >= 11 is 0. The lowest BCUT2D eigenvalue weighted by Crippen LogP contribution is -2.37. The summed E-state index contributed by atoms with van der Waals surface area (Å²) in [4.78, 5) is 0. The summed E-state index contributed by atoms with van der Waals surface area (Å²) in [6.45, 7) is 0.930. The van der Waals surface area contributed by atoms with Crippen molar-refractivity contribution in [3.63, 3.8) is 0 Å². The van der Waals surface area contributed by atoms with Crippen LogP contribution in [0.15, 0.2) is 47.5 Å². The van der Waals surface area contributed by atoms with Gasteiger partial charge in [-0.05, 0) is 12.0 Å². The van der Waals surface area contributed by atoms with E-state index in [1.807, 2.05) is 0 Å². The third-order valence-electron chi connectivity index (χ3n) is 5.81. The fourth-order valence-electron chi connectivity index (χ4n) is 4.99. The van der Waals surface area contributed by atoms with Crippen molar-refractivity contribution in [3.8, 4) is 0 Å². The first-order valence-corrected chi connectivity index (χ1v) is 8.17. The van der Waals surface area contributed by atoms with Gasteiger partial charge in [0.15, 0.2) is 6.71 Å². The molecule has 1 atom stereocenters. The molecule has 1 unspecified atom stereocenters. The zero-order chi connectivity index (χ0) is 12.7. The van der Waals surface area contributed by atoms with E-state index in [4.69, 9.17) is 0 Å². The summed E-state index contributed by atoms with van der Waals surface area (Å²) in [5.74, 6) is 2.60. The minimum absolute atomic E-state index is 0.580. The van der Waals surface area contributed by atoms with Crippen molar-refractivity contribution in [1.29, 1.82) is 0 Å². The van der Waals surface area contributed by atoms with E-state index < -0.39 is 0 Å². The molecule has 0 N–H and O–H groups in total. The Morgan fingerprint density at radius 1 is 0.947 bits per heavy atom. The van der Waals surface area contributed by atoms with E-state index in [9.17, 15) is 0 Å². The Balaban J connectivity index is 1.61. The molecule has 0 spiro atoms. The molecule has 0 nitrogen and oxygen atoms in total. The molecule has 2 aliphatic carbocycles. The van der Waals surface area contributed by atoms with E-state index in [1.165, 1.54) is 50.5 Å². The minimum Gasteiger partial charge on any atom is -0.0998 e. The molecule has 98 valence electrons. The summed E-state index contributed by atoms with van der Waals surface area (Å²) in [6.07, 6.45) is 24.3. The Labute approximate surface area is 117 Å². The smallest absolute Gasteiger partial charge is 0.0998 e. The van der Waals surface area contributed by atoms with Gasteiger partial charge in [0.2, 0.25) is 0 Å². The maximum absolute atomic E-state index is 2.61. The van der Waals surface area contributed by atoms with E-state index >= 15 is 0 Å². The second kappa shape index (κ2) is 4.85. The lowest BCUT2D eigenvalue weighted by atomic mass is 9.23. The molecule has 4 aliphatic rings. The normalized spacial score (nSPS) is 36.6. The Bertz CT molecular complexity index is 458. The third-order valence-corrected chi connectivity index (χ3v) is 5.81. The van der Waals surface area contributed by atoms with E-state index in [1.54, 1.807) is 5.47 Å². The van der Waals surface area contributed by atoms with Crippen molar-refractivity contribution < 1.29 is 0 Å². The number of rotatable bonds is 1. The van der Waals surface area contributed by atoms with Gasteiger partial charge in [-0.2, -0.15) is 0 Å². The van der Waals surface area contributed by atoms with Gasteiger partial charge in [-0.1, -0.05) is 92.1 Å². The first-order valence-electron chi connectivity index (χ1n) is 8.17. The van der Waals surface area contributed by atoms with Crippen molar-refractivity contribution in [1.82, 2.24) is 0 Å². The molecule has 0 radical (unpaired) electrons. The predicted molar refractivity (Wildman–Crippen MR) is 83.5 cm³/mol. The molecular weight excluding hydrogens is 227 g/mol. The van der Waals surface area contributed by atoms with Gasteiger partial charge in [0.1, 0.15) is 0 Å². The maximum atomic E-state index is 2.61. The minimum atomic E-state index is 0.580. The Hall–Kier alpha value is -0.975. The predicted octanol–water partition coefficient (Wildman–Crippen LogP) is 5.13. The maximum Gasteiger partial charge on any atom is 0.176 e. The van der Waals surface area contributed by atoms with Gasteiger partial charge >= 0.3 is 0 Å². The van der Waals surface area contributed by atoms with Gasteiger partial charge < -0.3 is 0 Å². The summed E-state index contributed by atoms with van der Waals surface area (Å²) in [5, 5.41) is 0. The largest absolute Gasteiger partial charge is 0.176 e. The van der Waals surface area contributed by atoms with Crippen LogP contribution in [0.1, 0.15) is 44.9 Å². The lowest BCUT2D eigenvalue weighted by Gasteiger charge is -2.42. The highest BCUT2D eigenvalue weighted by Crippen LogP contribution is 2.50. The number of hydrogen-bond donors (Lipinski definition) is 0. The van der Waals surface area contributed by atoms with Crippen molar-refractivity contribution in [3.05, 3.63) is 47.5 Å². The van der Waals surface area contributed by atoms with Crippen LogP contribution in [-0.4, -0.2) is 6.71 Å². The van der Waals surface area contributed by atoms with Crippen LogP contribution >= 0.6 is 0 Å². The summed E-state index contributed by atoms with van der Waals surface area (Å²) in [7, 11) is 0. The van der Waals surface area contributed by atoms with Gasteiger partial charge in [-0.15, -0.1) is 0 Å². The topological polar surface area (TPSA) is 0 Å². The highest BCUT2D eigenvalue weighted by Gasteiger charge is 2.41. The molecule has 0 saturated carbocycles. The molecule has 0 aromatic heterocycles. The van der Waals surface area contributed by atoms with Crippen molar-refractivity contribution in [2.24, 2.45) is 5.92 Å². The van der Waals surface area contributed by atoms with E-state index in [-0.39, 0.29) is 0 Å². The van der Waals surface area contributed by atoms with Crippen LogP contribution in [0.2, 0.25) is 11.6 Å². The van der Waals surface area contributed by atoms with Gasteiger partial charge in [0.25, 0.3) is 0 Å². The monoisotopic (exact) mass is 250 g/mol. The molecule has 2 aliphatic heterocycles. The first-order chi connectivity index (χ1) is 9.42. The number of hydrogen-bond acceptors (Lipinski definition) is 0. The lowest BCUT2D eigenvalue weighted by molar-refractivity contribution is 0.445. The zero-order valence-corrected chi connectivity index (χ0v) is 11.7. The van der Waals surface area contributed by atoms with Crippen LogP contribution in [0.4, 0.5) is 0 Å². The molecule has 0 amide bonds. The Morgan fingerprint density at radius 2 is 1.68 bits per heavy atom. The fraction of sp³-hybridized carbons (Fsp3) is 0.556. The Morgan fingerprint density at radius 3 is 2.42 bits per heavy atom. The fourth-order valence-corrected chi connectivity index (χ4v) is 4.99. The average Bonchev–Trinajstić information content (AvgIpc) is 2.46. The van der Waals surface area contributed by atoms with Crippen LogP contribution in [0.5, 0.6) is 0 Å². The zero-order valence-electron chi connectivity index (χ0n) is 11.7. The number of fused-ring (bicyclic) bond motifs is 3. The molecule has 0 aromatic rings. The first kappa shape index (κ1) is 11.8. The van der Waals surface area contributed by atoms with Crippen molar-refractivity contribution >= 4 is 6.71 Å². The van der Waals surface area contributed by atoms with Gasteiger partial charge in [-0.25, -0.2) is 0 Å². The molecule has 1 heteroatoms. The highest BCUT2D eigenvalue weighted by atomic mass is 14.3. The van der Waals surface area contributed by atoms with Crippen LogP contribution in [-0.2, 0) is 0 Å². The third kappa shape index (κ3) is 2.08. The van der Waals surface area contributed by atoms with Crippen LogP contribution in [0.3, 0.4) is 0 Å². The molecule has 4 rings (SSSR count). The number of allylic oxidation sites excluding steroid dienone is 8. The molecule has 2 bridgehead atoms. The van der Waals surface area contributed by atoms with Gasteiger partial charge in [0.05, 0.1) is 0 Å². The van der Waals surface area contributed by atoms with E-state index in [0.717, 1.165) is 18.3 Å². The average molecular weight is 250 g/mol. The molecule has 2 saturated heterocycles.